The summed E-state index contributed by atoms with van der Waals surface area (Å²) in [4.78, 5) is 13.0. The standard InChI is InChI=1S/C7H16N4O/c1-11-4-2-3-6(5-11)9-7(12)10-8/h6H,2-5,8H2,1H3,(H2,9,10,12). The number of piperidine rings is 1. The Morgan fingerprint density at radius 1 is 1.67 bits per heavy atom. The van der Waals surface area contributed by atoms with Gasteiger partial charge in [0.15, 0.2) is 0 Å². The molecule has 1 aliphatic heterocycles. The zero-order valence-corrected chi connectivity index (χ0v) is 7.34. The molecular weight excluding hydrogens is 156 g/mol. The molecule has 1 fully saturated rings. The van der Waals surface area contributed by atoms with E-state index < -0.39 is 0 Å². The fourth-order valence-electron chi connectivity index (χ4n) is 1.51. The SMILES string of the molecule is CN1CCCC(NC(=O)NN)C1. The number of nitrogens with two attached hydrogens (primary N) is 1. The molecule has 1 heterocycles. The Morgan fingerprint density at radius 2 is 2.42 bits per heavy atom. The Hall–Kier alpha value is -0.810. The fraction of sp³-hybridized carbons (Fsp3) is 0.857. The van der Waals surface area contributed by atoms with Crippen LogP contribution in [-0.2, 0) is 0 Å². The van der Waals surface area contributed by atoms with Crippen LogP contribution in [0.3, 0.4) is 0 Å². The lowest BCUT2D eigenvalue weighted by molar-refractivity contribution is 0.209. The van der Waals surface area contributed by atoms with Gasteiger partial charge in [0.2, 0.25) is 0 Å². The molecule has 0 aromatic rings. The number of hydrogen-bond donors (Lipinski definition) is 3. The van der Waals surface area contributed by atoms with E-state index in [2.05, 4.69) is 15.6 Å². The second kappa shape index (κ2) is 4.27. The zero-order valence-electron chi connectivity index (χ0n) is 7.34. The zero-order chi connectivity index (χ0) is 8.97. The van der Waals surface area contributed by atoms with E-state index in [0.717, 1.165) is 25.9 Å². The predicted molar refractivity (Wildman–Crippen MR) is 46.4 cm³/mol. The van der Waals surface area contributed by atoms with Gasteiger partial charge in [0.1, 0.15) is 0 Å². The molecule has 1 rings (SSSR count). The molecule has 1 unspecified atom stereocenters. The summed E-state index contributed by atoms with van der Waals surface area (Å²) < 4.78 is 0. The van der Waals surface area contributed by atoms with E-state index in [1.807, 2.05) is 7.05 Å². The van der Waals surface area contributed by atoms with Gasteiger partial charge >= 0.3 is 6.03 Å². The molecule has 4 N–H and O–H groups in total. The van der Waals surface area contributed by atoms with Gasteiger partial charge in [-0.25, -0.2) is 10.6 Å². The molecular formula is C7H16N4O. The van der Waals surface area contributed by atoms with Crippen LogP contribution in [0.15, 0.2) is 0 Å². The van der Waals surface area contributed by atoms with Crippen molar-refractivity contribution in [3.63, 3.8) is 0 Å². The molecule has 0 aromatic heterocycles. The first-order valence-electron chi connectivity index (χ1n) is 4.18. The minimum atomic E-state index is -0.296. The van der Waals surface area contributed by atoms with E-state index in [4.69, 9.17) is 5.84 Å². The molecule has 0 spiro atoms. The number of likely N-dealkylation sites (tertiary alicyclic amines) is 1. The quantitative estimate of drug-likeness (QED) is 0.277. The average molecular weight is 172 g/mol. The average Bonchev–Trinajstić information content (AvgIpc) is 2.04. The third kappa shape index (κ3) is 2.67. The Bertz CT molecular complexity index is 161. The highest BCUT2D eigenvalue weighted by molar-refractivity contribution is 5.73. The largest absolute Gasteiger partial charge is 0.333 e. The van der Waals surface area contributed by atoms with E-state index in [1.165, 1.54) is 0 Å². The third-order valence-corrected chi connectivity index (χ3v) is 2.09. The summed E-state index contributed by atoms with van der Waals surface area (Å²) in [5, 5.41) is 2.78. The maximum absolute atomic E-state index is 10.8. The summed E-state index contributed by atoms with van der Waals surface area (Å²) in [5.74, 6) is 4.95. The van der Waals surface area contributed by atoms with Gasteiger partial charge in [-0.15, -0.1) is 0 Å². The topological polar surface area (TPSA) is 70.4 Å². The van der Waals surface area contributed by atoms with Gasteiger partial charge in [0.05, 0.1) is 0 Å². The molecule has 0 radical (unpaired) electrons. The highest BCUT2D eigenvalue weighted by Gasteiger charge is 2.17. The van der Waals surface area contributed by atoms with Gasteiger partial charge in [0.25, 0.3) is 0 Å². The lowest BCUT2D eigenvalue weighted by Crippen LogP contribution is -2.50. The van der Waals surface area contributed by atoms with Crippen molar-refractivity contribution in [3.8, 4) is 0 Å². The molecule has 1 aliphatic rings. The number of carbonyl (C=O) groups is 1. The number of hydrazine groups is 1. The minimum Gasteiger partial charge on any atom is -0.333 e. The van der Waals surface area contributed by atoms with Crippen LogP contribution in [-0.4, -0.2) is 37.1 Å². The first-order valence-corrected chi connectivity index (χ1v) is 4.18. The van der Waals surface area contributed by atoms with Crippen LogP contribution in [0.25, 0.3) is 0 Å². The Morgan fingerprint density at radius 3 is 3.00 bits per heavy atom. The molecule has 1 atom stereocenters. The number of likely N-dealkylation sites (N-methyl/N-ethyl adjacent to an activating group) is 1. The Kier molecular flexibility index (Phi) is 3.31. The number of rotatable bonds is 1. The highest BCUT2D eigenvalue weighted by Crippen LogP contribution is 2.07. The second-order valence-corrected chi connectivity index (χ2v) is 3.22. The van der Waals surface area contributed by atoms with Gasteiger partial charge < -0.3 is 10.2 Å². The van der Waals surface area contributed by atoms with Crippen molar-refractivity contribution >= 4 is 6.03 Å². The maximum atomic E-state index is 10.8. The maximum Gasteiger partial charge on any atom is 0.329 e. The van der Waals surface area contributed by atoms with Gasteiger partial charge in [-0.1, -0.05) is 0 Å². The lowest BCUT2D eigenvalue weighted by atomic mass is 10.1. The Labute approximate surface area is 72.3 Å². The lowest BCUT2D eigenvalue weighted by Gasteiger charge is -2.29. The smallest absolute Gasteiger partial charge is 0.329 e. The third-order valence-electron chi connectivity index (χ3n) is 2.09. The number of hydrogen-bond acceptors (Lipinski definition) is 3. The van der Waals surface area contributed by atoms with E-state index in [9.17, 15) is 4.79 Å². The molecule has 1 saturated heterocycles. The van der Waals surface area contributed by atoms with Crippen molar-refractivity contribution in [3.05, 3.63) is 0 Å². The van der Waals surface area contributed by atoms with Crippen molar-refractivity contribution in [1.29, 1.82) is 0 Å². The fourth-order valence-corrected chi connectivity index (χ4v) is 1.51. The molecule has 70 valence electrons. The number of nitrogens with one attached hydrogen (secondary N) is 2. The van der Waals surface area contributed by atoms with Crippen molar-refractivity contribution in [2.75, 3.05) is 20.1 Å². The number of urea groups is 1. The molecule has 12 heavy (non-hydrogen) atoms. The monoisotopic (exact) mass is 172 g/mol. The molecule has 5 heteroatoms. The van der Waals surface area contributed by atoms with Gasteiger partial charge in [-0.05, 0) is 26.4 Å². The Balaban J connectivity index is 2.27. The molecule has 0 bridgehead atoms. The van der Waals surface area contributed by atoms with Crippen LogP contribution in [0.1, 0.15) is 12.8 Å². The van der Waals surface area contributed by atoms with Crippen LogP contribution >= 0.6 is 0 Å². The highest BCUT2D eigenvalue weighted by atomic mass is 16.2. The summed E-state index contributed by atoms with van der Waals surface area (Å²) >= 11 is 0. The van der Waals surface area contributed by atoms with Crippen LogP contribution in [0, 0.1) is 0 Å². The second-order valence-electron chi connectivity index (χ2n) is 3.22. The van der Waals surface area contributed by atoms with Crippen molar-refractivity contribution in [2.24, 2.45) is 5.84 Å². The normalized spacial score (nSPS) is 25.0. The number of nitrogens with zero attached hydrogens (tertiary/aromatic N) is 1. The van der Waals surface area contributed by atoms with Crippen LogP contribution in [0.5, 0.6) is 0 Å². The van der Waals surface area contributed by atoms with Crippen molar-refractivity contribution in [1.82, 2.24) is 15.6 Å². The molecule has 0 aliphatic carbocycles. The summed E-state index contributed by atoms with van der Waals surface area (Å²) in [6, 6.07) is -0.0531. The summed E-state index contributed by atoms with van der Waals surface area (Å²) in [7, 11) is 2.05. The van der Waals surface area contributed by atoms with Crippen molar-refractivity contribution in [2.45, 2.75) is 18.9 Å². The van der Waals surface area contributed by atoms with Crippen LogP contribution < -0.4 is 16.6 Å². The van der Waals surface area contributed by atoms with E-state index in [0.29, 0.717) is 0 Å². The molecule has 2 amide bonds. The molecule has 0 saturated carbocycles. The minimum absolute atomic E-state index is 0.243. The predicted octanol–water partition coefficient (Wildman–Crippen LogP) is -0.746. The van der Waals surface area contributed by atoms with Gasteiger partial charge in [0, 0.05) is 12.6 Å². The van der Waals surface area contributed by atoms with Crippen LogP contribution in [0.4, 0.5) is 4.79 Å². The summed E-state index contributed by atoms with van der Waals surface area (Å²) in [5.41, 5.74) is 2.06. The first-order chi connectivity index (χ1) is 5.72. The summed E-state index contributed by atoms with van der Waals surface area (Å²) in [6.45, 7) is 2.02. The molecule has 0 aromatic carbocycles. The van der Waals surface area contributed by atoms with Crippen LogP contribution in [0.2, 0.25) is 0 Å². The number of amides is 2. The van der Waals surface area contributed by atoms with E-state index in [-0.39, 0.29) is 12.1 Å². The molecule has 5 nitrogen and oxygen atoms in total. The number of carbonyl (C=O) groups excluding carboxylic acids is 1. The van der Waals surface area contributed by atoms with E-state index >= 15 is 0 Å². The summed E-state index contributed by atoms with van der Waals surface area (Å²) in [6.07, 6.45) is 2.17. The first kappa shape index (κ1) is 9.28. The van der Waals surface area contributed by atoms with Gasteiger partial charge in [-0.3, -0.25) is 5.43 Å². The van der Waals surface area contributed by atoms with Gasteiger partial charge in [-0.2, -0.15) is 0 Å². The van der Waals surface area contributed by atoms with E-state index in [1.54, 1.807) is 0 Å². The van der Waals surface area contributed by atoms with Crippen molar-refractivity contribution < 1.29 is 4.79 Å².